The first kappa shape index (κ1) is 16.8. The van der Waals surface area contributed by atoms with Gasteiger partial charge in [-0.2, -0.15) is 0 Å². The molecule has 0 unspecified atom stereocenters. The molecule has 5 heteroatoms. The van der Waals surface area contributed by atoms with Crippen molar-refractivity contribution in [2.24, 2.45) is 11.8 Å². The maximum Gasteiger partial charge on any atom is 0.309 e. The Kier molecular flexibility index (Phi) is 5.38. The highest BCUT2D eigenvalue weighted by atomic mass is 16.5. The number of rotatable bonds is 5. The maximum absolute atomic E-state index is 11.9. The van der Waals surface area contributed by atoms with Crippen molar-refractivity contribution < 1.29 is 14.3 Å². The van der Waals surface area contributed by atoms with Crippen LogP contribution in [0.1, 0.15) is 39.0 Å². The molecule has 1 aliphatic carbocycles. The molecule has 2 aliphatic rings. The Labute approximate surface area is 143 Å². The molecule has 1 N–H and O–H groups in total. The summed E-state index contributed by atoms with van der Waals surface area (Å²) in [6.07, 6.45) is 5.97. The molecule has 1 saturated carbocycles. The second-order valence-electron chi connectivity index (χ2n) is 6.92. The van der Waals surface area contributed by atoms with Gasteiger partial charge < -0.3 is 15.0 Å². The molecule has 1 heterocycles. The third kappa shape index (κ3) is 4.49. The number of anilines is 2. The molecule has 1 aromatic rings. The van der Waals surface area contributed by atoms with Gasteiger partial charge in [0.2, 0.25) is 0 Å². The number of nitrogens with zero attached hydrogens (tertiary/aromatic N) is 1. The van der Waals surface area contributed by atoms with E-state index in [2.05, 4.69) is 10.2 Å². The lowest BCUT2D eigenvalue weighted by atomic mass is 10.2. The zero-order valence-corrected chi connectivity index (χ0v) is 14.3. The third-order valence-corrected chi connectivity index (χ3v) is 4.88. The molecule has 1 saturated heterocycles. The summed E-state index contributed by atoms with van der Waals surface area (Å²) in [7, 11) is 0. The number of benzene rings is 1. The highest BCUT2D eigenvalue weighted by molar-refractivity contribution is 5.93. The van der Waals surface area contributed by atoms with Gasteiger partial charge in [-0.15, -0.1) is 0 Å². The molecule has 3 rings (SSSR count). The van der Waals surface area contributed by atoms with E-state index in [0.29, 0.717) is 5.92 Å². The van der Waals surface area contributed by atoms with Gasteiger partial charge in [0.05, 0.1) is 5.92 Å². The van der Waals surface area contributed by atoms with E-state index >= 15 is 0 Å². The van der Waals surface area contributed by atoms with Crippen LogP contribution >= 0.6 is 0 Å². The summed E-state index contributed by atoms with van der Waals surface area (Å²) in [5.41, 5.74) is 1.93. The summed E-state index contributed by atoms with van der Waals surface area (Å²) in [5.74, 6) is -0.161. The van der Waals surface area contributed by atoms with Crippen molar-refractivity contribution in [1.29, 1.82) is 0 Å². The molecule has 130 valence electrons. The summed E-state index contributed by atoms with van der Waals surface area (Å²) >= 11 is 0. The van der Waals surface area contributed by atoms with E-state index in [-0.39, 0.29) is 24.4 Å². The Morgan fingerprint density at radius 1 is 1.12 bits per heavy atom. The predicted molar refractivity (Wildman–Crippen MR) is 94.0 cm³/mol. The van der Waals surface area contributed by atoms with Crippen LogP contribution in [-0.2, 0) is 14.3 Å². The normalized spacial score (nSPS) is 23.3. The lowest BCUT2D eigenvalue weighted by Gasteiger charge is -2.22. The minimum absolute atomic E-state index is 0.00860. The molecule has 0 bridgehead atoms. The number of esters is 1. The maximum atomic E-state index is 11.9. The molecular weight excluding hydrogens is 304 g/mol. The average molecular weight is 330 g/mol. The summed E-state index contributed by atoms with van der Waals surface area (Å²) in [6.45, 7) is 4.00. The predicted octanol–water partition coefficient (Wildman–Crippen LogP) is 3.20. The first-order valence-corrected chi connectivity index (χ1v) is 8.95. The van der Waals surface area contributed by atoms with Gasteiger partial charge in [0, 0.05) is 24.5 Å². The highest BCUT2D eigenvalue weighted by Crippen LogP contribution is 2.38. The zero-order chi connectivity index (χ0) is 16.9. The number of ether oxygens (including phenoxy) is 1. The van der Waals surface area contributed by atoms with Gasteiger partial charge >= 0.3 is 5.97 Å². The van der Waals surface area contributed by atoms with Gasteiger partial charge in [0.1, 0.15) is 0 Å². The molecule has 0 spiro atoms. The van der Waals surface area contributed by atoms with Crippen molar-refractivity contribution in [1.82, 2.24) is 0 Å². The van der Waals surface area contributed by atoms with E-state index in [4.69, 9.17) is 4.74 Å². The first-order valence-electron chi connectivity index (χ1n) is 8.95. The number of nitrogens with one attached hydrogen (secondary N) is 1. The standard InChI is InChI=1S/C19H26N2O3/c1-14-12-17(14)19(23)24-13-18(22)20-15-6-8-16(9-7-15)21-10-4-2-3-5-11-21/h6-9,14,17H,2-5,10-13H2,1H3,(H,20,22)/t14-,17-/m0/s1. The molecule has 2 fully saturated rings. The Morgan fingerprint density at radius 2 is 1.75 bits per heavy atom. The van der Waals surface area contributed by atoms with E-state index in [1.807, 2.05) is 31.2 Å². The van der Waals surface area contributed by atoms with Crippen molar-refractivity contribution in [3.8, 4) is 0 Å². The van der Waals surface area contributed by atoms with Crippen LogP contribution in [0.5, 0.6) is 0 Å². The van der Waals surface area contributed by atoms with Crippen LogP contribution in [0.25, 0.3) is 0 Å². The average Bonchev–Trinajstić information content (AvgIpc) is 3.36. The molecule has 0 radical (unpaired) electrons. The largest absolute Gasteiger partial charge is 0.455 e. The first-order chi connectivity index (χ1) is 11.6. The van der Waals surface area contributed by atoms with Crippen molar-refractivity contribution in [2.75, 3.05) is 29.9 Å². The van der Waals surface area contributed by atoms with E-state index in [1.165, 1.54) is 31.4 Å². The van der Waals surface area contributed by atoms with Gasteiger partial charge in [0.15, 0.2) is 6.61 Å². The molecule has 1 aliphatic heterocycles. The fraction of sp³-hybridized carbons (Fsp3) is 0.579. The van der Waals surface area contributed by atoms with Crippen LogP contribution in [0.2, 0.25) is 0 Å². The van der Waals surface area contributed by atoms with Crippen LogP contribution in [0, 0.1) is 11.8 Å². The fourth-order valence-corrected chi connectivity index (χ4v) is 3.18. The Balaban J connectivity index is 1.46. The second-order valence-corrected chi connectivity index (χ2v) is 6.92. The van der Waals surface area contributed by atoms with Crippen LogP contribution in [0.4, 0.5) is 11.4 Å². The number of hydrogen-bond acceptors (Lipinski definition) is 4. The van der Waals surface area contributed by atoms with Gasteiger partial charge in [-0.25, -0.2) is 0 Å². The minimum atomic E-state index is -0.292. The van der Waals surface area contributed by atoms with E-state index in [0.717, 1.165) is 25.2 Å². The zero-order valence-electron chi connectivity index (χ0n) is 14.3. The van der Waals surface area contributed by atoms with Crippen LogP contribution in [0.3, 0.4) is 0 Å². The molecular formula is C19H26N2O3. The Hall–Kier alpha value is -2.04. The van der Waals surface area contributed by atoms with E-state index < -0.39 is 0 Å². The Bertz CT molecular complexity index is 577. The van der Waals surface area contributed by atoms with Gasteiger partial charge in [-0.05, 0) is 49.4 Å². The quantitative estimate of drug-likeness (QED) is 0.842. The summed E-state index contributed by atoms with van der Waals surface area (Å²) in [5, 5.41) is 2.78. The highest BCUT2D eigenvalue weighted by Gasteiger charge is 2.40. The van der Waals surface area contributed by atoms with Crippen molar-refractivity contribution in [3.63, 3.8) is 0 Å². The van der Waals surface area contributed by atoms with Gasteiger partial charge in [-0.1, -0.05) is 19.8 Å². The van der Waals surface area contributed by atoms with Gasteiger partial charge in [-0.3, -0.25) is 9.59 Å². The van der Waals surface area contributed by atoms with Crippen molar-refractivity contribution >= 4 is 23.3 Å². The number of carbonyl (C=O) groups excluding carboxylic acids is 2. The van der Waals surface area contributed by atoms with Crippen LogP contribution in [0.15, 0.2) is 24.3 Å². The number of hydrogen-bond donors (Lipinski definition) is 1. The molecule has 1 amide bonds. The molecule has 1 aromatic carbocycles. The fourth-order valence-electron chi connectivity index (χ4n) is 3.18. The second kappa shape index (κ2) is 7.69. The number of carbonyl (C=O) groups is 2. The lowest BCUT2D eigenvalue weighted by Crippen LogP contribution is -2.24. The molecule has 5 nitrogen and oxygen atoms in total. The summed E-state index contributed by atoms with van der Waals surface area (Å²) in [4.78, 5) is 25.9. The van der Waals surface area contributed by atoms with Crippen LogP contribution in [-0.4, -0.2) is 31.6 Å². The van der Waals surface area contributed by atoms with Crippen molar-refractivity contribution in [3.05, 3.63) is 24.3 Å². The Morgan fingerprint density at radius 3 is 2.33 bits per heavy atom. The van der Waals surface area contributed by atoms with E-state index in [9.17, 15) is 9.59 Å². The SMILES string of the molecule is C[C@H]1C[C@@H]1C(=O)OCC(=O)Nc1ccc(N2CCCCCC2)cc1. The molecule has 24 heavy (non-hydrogen) atoms. The topological polar surface area (TPSA) is 58.6 Å². The van der Waals surface area contributed by atoms with Gasteiger partial charge in [0.25, 0.3) is 5.91 Å². The third-order valence-electron chi connectivity index (χ3n) is 4.88. The summed E-state index contributed by atoms with van der Waals surface area (Å²) in [6, 6.07) is 7.89. The summed E-state index contributed by atoms with van der Waals surface area (Å²) < 4.78 is 5.04. The number of amides is 1. The monoisotopic (exact) mass is 330 g/mol. The smallest absolute Gasteiger partial charge is 0.309 e. The molecule has 0 aromatic heterocycles. The molecule has 2 atom stereocenters. The van der Waals surface area contributed by atoms with Crippen LogP contribution < -0.4 is 10.2 Å². The van der Waals surface area contributed by atoms with E-state index in [1.54, 1.807) is 0 Å². The lowest BCUT2D eigenvalue weighted by molar-refractivity contribution is -0.148. The van der Waals surface area contributed by atoms with Crippen molar-refractivity contribution in [2.45, 2.75) is 39.0 Å². The minimum Gasteiger partial charge on any atom is -0.455 e.